The van der Waals surface area contributed by atoms with Gasteiger partial charge in [0.15, 0.2) is 0 Å². The molecule has 0 fully saturated rings. The third-order valence-corrected chi connectivity index (χ3v) is 3.63. The molecule has 0 aliphatic carbocycles. The number of hydrogen-bond acceptors (Lipinski definition) is 2. The minimum absolute atomic E-state index is 0.628. The van der Waals surface area contributed by atoms with Crippen LogP contribution in [-0.4, -0.2) is 9.97 Å². The van der Waals surface area contributed by atoms with Crippen LogP contribution < -0.4 is 0 Å². The van der Waals surface area contributed by atoms with E-state index in [9.17, 15) is 0 Å². The number of nitrogens with zero attached hydrogens (tertiary/aromatic N) is 2. The molecule has 4 aromatic rings. The zero-order valence-corrected chi connectivity index (χ0v) is 13.7. The van der Waals surface area contributed by atoms with Crippen LogP contribution >= 0.6 is 0 Å². The lowest BCUT2D eigenvalue weighted by Crippen LogP contribution is -1.71. The van der Waals surface area contributed by atoms with Crippen LogP contribution in [0.2, 0.25) is 0 Å². The van der Waals surface area contributed by atoms with Crippen molar-refractivity contribution >= 4 is 32.6 Å². The van der Waals surface area contributed by atoms with Crippen LogP contribution in [0, 0.1) is 48.5 Å². The van der Waals surface area contributed by atoms with Crippen molar-refractivity contribution in [1.82, 2.24) is 9.97 Å². The molecule has 2 heteroatoms. The van der Waals surface area contributed by atoms with E-state index in [2.05, 4.69) is 58.5 Å². The summed E-state index contributed by atoms with van der Waals surface area (Å²) in [6.07, 6.45) is 3.41. The number of pyridine rings is 2. The third kappa shape index (κ3) is 3.32. The monoisotopic (exact) mass is 326 g/mol. The highest BCUT2D eigenvalue weighted by Crippen LogP contribution is 2.07. The molecule has 0 saturated heterocycles. The summed E-state index contributed by atoms with van der Waals surface area (Å²) in [5, 5.41) is 3.18. The maximum atomic E-state index is 4.33. The molecule has 0 spiro atoms. The first kappa shape index (κ1) is 15.3. The summed E-state index contributed by atoms with van der Waals surface area (Å²) in [6, 6.07) is 39.5. The molecular formula is C24H10N2. The number of aromatic nitrogens is 2. The average molecular weight is 326 g/mol. The number of rotatable bonds is 0. The first-order valence-electron chi connectivity index (χ1n) is 7.95. The molecule has 0 radical (unpaired) electrons. The lowest BCUT2D eigenvalue weighted by atomic mass is 10.2. The van der Waals surface area contributed by atoms with E-state index in [0.717, 1.165) is 21.5 Å². The molecule has 0 N–H and O–H groups in total. The van der Waals surface area contributed by atoms with Crippen molar-refractivity contribution in [2.45, 2.75) is 0 Å². The first-order valence-corrected chi connectivity index (χ1v) is 7.95. The van der Waals surface area contributed by atoms with Gasteiger partial charge in [0.1, 0.15) is 11.0 Å². The molecule has 0 saturated carbocycles. The third-order valence-electron chi connectivity index (χ3n) is 3.63. The Hall–Kier alpha value is -4.24. The van der Waals surface area contributed by atoms with E-state index in [1.54, 1.807) is 12.4 Å². The molecule has 0 atom stereocenters. The minimum atomic E-state index is 0.628. The highest BCUT2D eigenvalue weighted by Gasteiger charge is 1.88. The predicted molar refractivity (Wildman–Crippen MR) is 100 cm³/mol. The Morgan fingerprint density at radius 2 is 0.923 bits per heavy atom. The standard InChI is InChI=1S/C24H10N2/c1-2-8-20-14-16-24-22(12-6-18-26-24)10-4-3-9-21-11-5-17-25-23(21)15-13-19(20)7-1/h1-2,5-8,11-12,17-18H. The Bertz CT molecular complexity index is 1100. The molecular weight excluding hydrogens is 316 g/mol. The van der Waals surface area contributed by atoms with Gasteiger partial charge < -0.3 is 0 Å². The lowest BCUT2D eigenvalue weighted by molar-refractivity contribution is 1.42. The summed E-state index contributed by atoms with van der Waals surface area (Å²) < 4.78 is 0. The van der Waals surface area contributed by atoms with Gasteiger partial charge in [0.05, 0.1) is 10.8 Å². The maximum absolute atomic E-state index is 4.33. The van der Waals surface area contributed by atoms with Gasteiger partial charge in [0, 0.05) is 23.2 Å². The maximum Gasteiger partial charge on any atom is 0.129 e. The van der Waals surface area contributed by atoms with Gasteiger partial charge in [-0.15, -0.1) is 0 Å². The normalized spacial score (nSPS) is 9.08. The van der Waals surface area contributed by atoms with Crippen LogP contribution in [0.25, 0.3) is 32.6 Å². The summed E-state index contributed by atoms with van der Waals surface area (Å²) in [7, 11) is 0. The Balaban J connectivity index is 2.13. The lowest BCUT2D eigenvalue weighted by Gasteiger charge is -1.86. The molecule has 0 aliphatic rings. The zero-order chi connectivity index (χ0) is 17.6. The van der Waals surface area contributed by atoms with Gasteiger partial charge >= 0.3 is 0 Å². The second-order valence-electron chi connectivity index (χ2n) is 5.34. The van der Waals surface area contributed by atoms with E-state index in [1.165, 1.54) is 0 Å². The SMILES string of the molecule is c1c#cc2cccnc2c#cc2ccccc2c#cc2ncccc2c#1. The van der Waals surface area contributed by atoms with Crippen LogP contribution in [0.4, 0.5) is 0 Å². The molecule has 0 unspecified atom stereocenters. The van der Waals surface area contributed by atoms with E-state index in [0.29, 0.717) is 11.0 Å². The van der Waals surface area contributed by atoms with Gasteiger partial charge in [-0.25, -0.2) is 9.97 Å². The Labute approximate surface area is 152 Å². The fourth-order valence-electron chi connectivity index (χ4n) is 2.36. The number of hydrogen-bond donors (Lipinski definition) is 0. The van der Waals surface area contributed by atoms with E-state index in [1.807, 2.05) is 48.5 Å². The van der Waals surface area contributed by atoms with Crippen molar-refractivity contribution in [3.8, 4) is 0 Å². The van der Waals surface area contributed by atoms with Crippen LogP contribution in [0.15, 0.2) is 60.9 Å². The van der Waals surface area contributed by atoms with Gasteiger partial charge in [0.2, 0.25) is 0 Å². The zero-order valence-electron chi connectivity index (χ0n) is 13.7. The first-order chi connectivity index (χ1) is 12.9. The Morgan fingerprint density at radius 1 is 0.462 bits per heavy atom. The van der Waals surface area contributed by atoms with Gasteiger partial charge in [-0.05, 0) is 72.8 Å². The van der Waals surface area contributed by atoms with Gasteiger partial charge in [-0.3, -0.25) is 0 Å². The molecule has 26 heavy (non-hydrogen) atoms. The van der Waals surface area contributed by atoms with Crippen LogP contribution in [-0.2, 0) is 0 Å². The summed E-state index contributed by atoms with van der Waals surface area (Å²) in [5.41, 5.74) is 1.26. The predicted octanol–water partition coefficient (Wildman–Crippen LogP) is 4.59. The molecule has 2 aromatic carbocycles. The average Bonchev–Trinajstić information content (AvgIpc) is 2.69. The van der Waals surface area contributed by atoms with E-state index >= 15 is 0 Å². The summed E-state index contributed by atoms with van der Waals surface area (Å²) in [5.74, 6) is 0. The number of fused-ring (bicyclic) bond motifs is 3. The fraction of sp³-hybridized carbons (Fsp3) is 0. The molecule has 2 nitrogen and oxygen atoms in total. The number of benzene rings is 1. The van der Waals surface area contributed by atoms with E-state index in [4.69, 9.17) is 0 Å². The summed E-state index contributed by atoms with van der Waals surface area (Å²) in [6.45, 7) is 0. The second-order valence-corrected chi connectivity index (χ2v) is 5.34. The molecule has 4 rings (SSSR count). The van der Waals surface area contributed by atoms with Gasteiger partial charge in [-0.2, -0.15) is 0 Å². The highest BCUT2D eigenvalue weighted by atomic mass is 14.6. The molecule has 116 valence electrons. The topological polar surface area (TPSA) is 25.8 Å². The quantitative estimate of drug-likeness (QED) is 0.472. The van der Waals surface area contributed by atoms with Crippen LogP contribution in [0.3, 0.4) is 0 Å². The van der Waals surface area contributed by atoms with E-state index < -0.39 is 0 Å². The second kappa shape index (κ2) is 7.11. The molecule has 0 amide bonds. The van der Waals surface area contributed by atoms with Crippen molar-refractivity contribution in [2.24, 2.45) is 0 Å². The highest BCUT2D eigenvalue weighted by molar-refractivity contribution is 5.80. The fourth-order valence-corrected chi connectivity index (χ4v) is 2.36. The minimum Gasteiger partial charge on any atom is -0.246 e. The van der Waals surface area contributed by atoms with Crippen molar-refractivity contribution in [3.63, 3.8) is 0 Å². The molecule has 0 aliphatic heterocycles. The van der Waals surface area contributed by atoms with Crippen molar-refractivity contribution < 1.29 is 0 Å². The van der Waals surface area contributed by atoms with E-state index in [-0.39, 0.29) is 0 Å². The summed E-state index contributed by atoms with van der Waals surface area (Å²) >= 11 is 0. The molecule has 2 heterocycles. The van der Waals surface area contributed by atoms with Crippen molar-refractivity contribution in [2.75, 3.05) is 0 Å². The Morgan fingerprint density at radius 3 is 1.42 bits per heavy atom. The molecule has 2 aromatic heterocycles. The van der Waals surface area contributed by atoms with Crippen molar-refractivity contribution in [1.29, 1.82) is 0 Å². The van der Waals surface area contributed by atoms with Crippen LogP contribution in [0.1, 0.15) is 0 Å². The van der Waals surface area contributed by atoms with Crippen molar-refractivity contribution in [3.05, 3.63) is 109 Å². The van der Waals surface area contributed by atoms with Gasteiger partial charge in [-0.1, -0.05) is 24.3 Å². The molecule has 0 bridgehead atoms. The van der Waals surface area contributed by atoms with Gasteiger partial charge in [0.25, 0.3) is 0 Å². The summed E-state index contributed by atoms with van der Waals surface area (Å²) in [4.78, 5) is 8.66. The van der Waals surface area contributed by atoms with Crippen LogP contribution in [0.5, 0.6) is 0 Å². The largest absolute Gasteiger partial charge is 0.246 e. The smallest absolute Gasteiger partial charge is 0.129 e. The Kier molecular flexibility index (Phi) is 4.18.